The number of anilines is 1. The van der Waals surface area contributed by atoms with Gasteiger partial charge in [0.2, 0.25) is 11.7 Å². The van der Waals surface area contributed by atoms with E-state index in [2.05, 4.69) is 26.0 Å². The van der Waals surface area contributed by atoms with Crippen LogP contribution in [0.3, 0.4) is 0 Å². The standard InChI is InChI=1S/C17H16N6O2/c1-18-17(25)13-8-5-9-14(10-13)19-15(24)11-23-21-16(20-22-23)12-6-3-2-4-7-12/h2-10H,11H2,1H3,(H,18,25)(H,19,24). The molecule has 0 saturated heterocycles. The summed E-state index contributed by atoms with van der Waals surface area (Å²) in [4.78, 5) is 25.0. The number of rotatable bonds is 5. The van der Waals surface area contributed by atoms with Crippen LogP contribution in [0.5, 0.6) is 0 Å². The zero-order valence-corrected chi connectivity index (χ0v) is 13.5. The largest absolute Gasteiger partial charge is 0.355 e. The highest BCUT2D eigenvalue weighted by atomic mass is 16.2. The minimum absolute atomic E-state index is 0.0793. The zero-order chi connectivity index (χ0) is 17.6. The number of amides is 2. The van der Waals surface area contributed by atoms with E-state index in [0.717, 1.165) is 5.56 Å². The Morgan fingerprint density at radius 3 is 2.64 bits per heavy atom. The Kier molecular flexibility index (Phi) is 4.79. The predicted molar refractivity (Wildman–Crippen MR) is 91.7 cm³/mol. The SMILES string of the molecule is CNC(=O)c1cccc(NC(=O)Cn2nnc(-c3ccccc3)n2)c1. The van der Waals surface area contributed by atoms with Crippen molar-refractivity contribution in [3.05, 3.63) is 60.2 Å². The summed E-state index contributed by atoms with van der Waals surface area (Å²) in [6.45, 7) is -0.0793. The van der Waals surface area contributed by atoms with Gasteiger partial charge in [-0.15, -0.1) is 10.2 Å². The number of hydrogen-bond acceptors (Lipinski definition) is 5. The summed E-state index contributed by atoms with van der Waals surface area (Å²) < 4.78 is 0. The third-order valence-corrected chi connectivity index (χ3v) is 3.41. The van der Waals surface area contributed by atoms with E-state index in [9.17, 15) is 9.59 Å². The molecule has 0 saturated carbocycles. The fraction of sp³-hybridized carbons (Fsp3) is 0.118. The van der Waals surface area contributed by atoms with Gasteiger partial charge in [0, 0.05) is 23.9 Å². The van der Waals surface area contributed by atoms with Crippen LogP contribution in [0.25, 0.3) is 11.4 Å². The molecule has 0 atom stereocenters. The maximum Gasteiger partial charge on any atom is 0.251 e. The van der Waals surface area contributed by atoms with Gasteiger partial charge in [0.25, 0.3) is 5.91 Å². The van der Waals surface area contributed by atoms with Gasteiger partial charge in [-0.05, 0) is 23.4 Å². The van der Waals surface area contributed by atoms with Crippen LogP contribution < -0.4 is 10.6 Å². The lowest BCUT2D eigenvalue weighted by molar-refractivity contribution is -0.117. The summed E-state index contributed by atoms with van der Waals surface area (Å²) in [5.74, 6) is -0.0809. The molecule has 0 aliphatic carbocycles. The smallest absolute Gasteiger partial charge is 0.251 e. The predicted octanol–water partition coefficient (Wildman–Crippen LogP) is 1.34. The molecule has 0 radical (unpaired) electrons. The highest BCUT2D eigenvalue weighted by molar-refractivity contribution is 5.96. The van der Waals surface area contributed by atoms with Crippen molar-refractivity contribution in [2.45, 2.75) is 6.54 Å². The average molecular weight is 336 g/mol. The average Bonchev–Trinajstić information content (AvgIpc) is 3.10. The Balaban J connectivity index is 1.65. The van der Waals surface area contributed by atoms with Crippen molar-refractivity contribution in [2.75, 3.05) is 12.4 Å². The number of nitrogens with one attached hydrogen (secondary N) is 2. The molecule has 8 heteroatoms. The monoisotopic (exact) mass is 336 g/mol. The minimum Gasteiger partial charge on any atom is -0.355 e. The summed E-state index contributed by atoms with van der Waals surface area (Å²) in [6, 6.07) is 16.0. The van der Waals surface area contributed by atoms with Crippen LogP contribution in [0.1, 0.15) is 10.4 Å². The second-order valence-corrected chi connectivity index (χ2v) is 5.22. The van der Waals surface area contributed by atoms with Crippen LogP contribution >= 0.6 is 0 Å². The first-order valence-electron chi connectivity index (χ1n) is 7.61. The normalized spacial score (nSPS) is 10.3. The molecular weight excluding hydrogens is 320 g/mol. The first kappa shape index (κ1) is 16.3. The van der Waals surface area contributed by atoms with Crippen LogP contribution in [0.4, 0.5) is 5.69 Å². The molecule has 0 aliphatic rings. The lowest BCUT2D eigenvalue weighted by Crippen LogP contribution is -2.21. The van der Waals surface area contributed by atoms with E-state index in [-0.39, 0.29) is 18.4 Å². The fourth-order valence-electron chi connectivity index (χ4n) is 2.22. The molecular formula is C17H16N6O2. The van der Waals surface area contributed by atoms with Crippen LogP contribution in [-0.2, 0) is 11.3 Å². The Morgan fingerprint density at radius 1 is 1.08 bits per heavy atom. The van der Waals surface area contributed by atoms with Crippen molar-refractivity contribution in [3.8, 4) is 11.4 Å². The van der Waals surface area contributed by atoms with Gasteiger partial charge >= 0.3 is 0 Å². The van der Waals surface area contributed by atoms with Gasteiger partial charge < -0.3 is 10.6 Å². The second-order valence-electron chi connectivity index (χ2n) is 5.22. The second kappa shape index (κ2) is 7.35. The lowest BCUT2D eigenvalue weighted by atomic mass is 10.2. The Hall–Kier alpha value is -3.55. The highest BCUT2D eigenvalue weighted by Crippen LogP contribution is 2.12. The molecule has 2 aromatic carbocycles. The van der Waals surface area contributed by atoms with Gasteiger partial charge in [0.05, 0.1) is 0 Å². The molecule has 126 valence electrons. The molecule has 0 bridgehead atoms. The maximum absolute atomic E-state index is 12.1. The molecule has 2 N–H and O–H groups in total. The van der Waals surface area contributed by atoms with Gasteiger partial charge in [-0.2, -0.15) is 4.80 Å². The first-order chi connectivity index (χ1) is 12.2. The van der Waals surface area contributed by atoms with Crippen molar-refractivity contribution in [3.63, 3.8) is 0 Å². The Morgan fingerprint density at radius 2 is 1.88 bits per heavy atom. The quantitative estimate of drug-likeness (QED) is 0.732. The van der Waals surface area contributed by atoms with Crippen molar-refractivity contribution < 1.29 is 9.59 Å². The molecule has 1 aromatic heterocycles. The van der Waals surface area contributed by atoms with Gasteiger partial charge in [0.15, 0.2) is 0 Å². The summed E-state index contributed by atoms with van der Waals surface area (Å²) in [7, 11) is 1.55. The number of nitrogens with zero attached hydrogens (tertiary/aromatic N) is 4. The molecule has 0 fully saturated rings. The van der Waals surface area contributed by atoms with E-state index in [4.69, 9.17) is 0 Å². The number of benzene rings is 2. The van der Waals surface area contributed by atoms with Crippen molar-refractivity contribution >= 4 is 17.5 Å². The lowest BCUT2D eigenvalue weighted by Gasteiger charge is -2.06. The molecule has 0 unspecified atom stereocenters. The van der Waals surface area contributed by atoms with Crippen LogP contribution in [0.2, 0.25) is 0 Å². The topological polar surface area (TPSA) is 102 Å². The molecule has 25 heavy (non-hydrogen) atoms. The zero-order valence-electron chi connectivity index (χ0n) is 13.5. The van der Waals surface area contributed by atoms with E-state index in [1.165, 1.54) is 4.80 Å². The van der Waals surface area contributed by atoms with Crippen molar-refractivity contribution in [1.82, 2.24) is 25.5 Å². The number of tetrazole rings is 1. The number of carbonyl (C=O) groups is 2. The fourth-order valence-corrected chi connectivity index (χ4v) is 2.22. The molecule has 2 amide bonds. The number of carbonyl (C=O) groups excluding carboxylic acids is 2. The van der Waals surface area contributed by atoms with E-state index >= 15 is 0 Å². The molecule has 3 aromatic rings. The van der Waals surface area contributed by atoms with Gasteiger partial charge in [-0.3, -0.25) is 9.59 Å². The molecule has 0 spiro atoms. The number of aromatic nitrogens is 4. The van der Waals surface area contributed by atoms with E-state index in [0.29, 0.717) is 17.1 Å². The summed E-state index contributed by atoms with van der Waals surface area (Å²) >= 11 is 0. The van der Waals surface area contributed by atoms with E-state index in [1.807, 2.05) is 30.3 Å². The third-order valence-electron chi connectivity index (χ3n) is 3.41. The van der Waals surface area contributed by atoms with Gasteiger partial charge in [-0.25, -0.2) is 0 Å². The van der Waals surface area contributed by atoms with Crippen LogP contribution in [0, 0.1) is 0 Å². The van der Waals surface area contributed by atoms with Crippen LogP contribution in [-0.4, -0.2) is 39.1 Å². The molecule has 3 rings (SSSR count). The van der Waals surface area contributed by atoms with Crippen molar-refractivity contribution in [1.29, 1.82) is 0 Å². The highest BCUT2D eigenvalue weighted by Gasteiger charge is 2.10. The first-order valence-corrected chi connectivity index (χ1v) is 7.61. The third kappa shape index (κ3) is 4.05. The summed E-state index contributed by atoms with van der Waals surface area (Å²) in [5, 5.41) is 17.3. The summed E-state index contributed by atoms with van der Waals surface area (Å²) in [5.41, 5.74) is 1.81. The van der Waals surface area contributed by atoms with E-state index in [1.54, 1.807) is 31.3 Å². The summed E-state index contributed by atoms with van der Waals surface area (Å²) in [6.07, 6.45) is 0. The van der Waals surface area contributed by atoms with Crippen molar-refractivity contribution in [2.24, 2.45) is 0 Å². The van der Waals surface area contributed by atoms with Crippen LogP contribution in [0.15, 0.2) is 54.6 Å². The number of hydrogen-bond donors (Lipinski definition) is 2. The Bertz CT molecular complexity index is 891. The molecule has 0 aliphatic heterocycles. The minimum atomic E-state index is -0.314. The van der Waals surface area contributed by atoms with Gasteiger partial charge in [0.1, 0.15) is 6.54 Å². The van der Waals surface area contributed by atoms with Gasteiger partial charge in [-0.1, -0.05) is 36.4 Å². The molecule has 1 heterocycles. The Labute approximate surface area is 143 Å². The van der Waals surface area contributed by atoms with E-state index < -0.39 is 0 Å². The molecule has 8 nitrogen and oxygen atoms in total. The maximum atomic E-state index is 12.1.